The van der Waals surface area contributed by atoms with Crippen molar-refractivity contribution in [2.24, 2.45) is 0 Å². The second kappa shape index (κ2) is 7.11. The van der Waals surface area contributed by atoms with Crippen LogP contribution in [-0.4, -0.2) is 45.8 Å². The fourth-order valence-corrected chi connectivity index (χ4v) is 1.62. The molecule has 1 amide bonds. The van der Waals surface area contributed by atoms with E-state index >= 15 is 0 Å². The molecule has 0 fully saturated rings. The summed E-state index contributed by atoms with van der Waals surface area (Å²) in [4.78, 5) is 23.2. The first-order chi connectivity index (χ1) is 11.6. The molecule has 13 heteroatoms. The lowest BCUT2D eigenvalue weighted by Gasteiger charge is -2.26. The third-order valence-corrected chi connectivity index (χ3v) is 2.91. The van der Waals surface area contributed by atoms with Crippen molar-refractivity contribution in [2.75, 3.05) is 5.32 Å². The van der Waals surface area contributed by atoms with Crippen molar-refractivity contribution in [1.29, 1.82) is 0 Å². The van der Waals surface area contributed by atoms with E-state index in [4.69, 9.17) is 4.74 Å². The van der Waals surface area contributed by atoms with Crippen molar-refractivity contribution >= 4 is 17.6 Å². The van der Waals surface area contributed by atoms with Gasteiger partial charge in [-0.1, -0.05) is 0 Å². The molecule has 6 nitrogen and oxygen atoms in total. The van der Waals surface area contributed by atoms with E-state index in [2.05, 4.69) is 5.10 Å². The van der Waals surface area contributed by atoms with Crippen molar-refractivity contribution in [3.8, 4) is 0 Å². The van der Waals surface area contributed by atoms with Crippen molar-refractivity contribution in [2.45, 2.75) is 51.4 Å². The van der Waals surface area contributed by atoms with Gasteiger partial charge in [0, 0.05) is 12.7 Å². The Morgan fingerprint density at radius 2 is 1.73 bits per heavy atom. The first kappa shape index (κ1) is 21.7. The largest absolute Gasteiger partial charge is 0.460 e. The first-order valence-corrected chi connectivity index (χ1v) is 7.07. The number of hydrogen-bond donors (Lipinski definition) is 1. The Hall–Kier alpha value is -2.34. The summed E-state index contributed by atoms with van der Waals surface area (Å²) in [6.07, 6.45) is -6.52. The van der Waals surface area contributed by atoms with Gasteiger partial charge in [0.1, 0.15) is 0 Å². The Bertz CT molecular complexity index is 683. The quantitative estimate of drug-likeness (QED) is 0.595. The van der Waals surface area contributed by atoms with E-state index in [0.29, 0.717) is 0 Å². The normalized spacial score (nSPS) is 13.0. The number of alkyl halides is 7. The van der Waals surface area contributed by atoms with Crippen LogP contribution in [-0.2, 0) is 16.1 Å². The number of amides is 1. The third kappa shape index (κ3) is 4.07. The van der Waals surface area contributed by atoms with Gasteiger partial charge in [-0.25, -0.2) is 4.79 Å². The molecular formula is C13H14F7N3O3. The molecule has 1 N–H and O–H groups in total. The molecule has 1 aromatic heterocycles. The summed E-state index contributed by atoms with van der Waals surface area (Å²) >= 11 is 0. The highest BCUT2D eigenvalue weighted by Gasteiger charge is 2.76. The SMILES string of the molecule is CCn1cc(NC(=O)C(F)(F)C(F)(F)C(F)(F)F)c(C(=O)OC(C)C)n1. The molecule has 0 bridgehead atoms. The van der Waals surface area contributed by atoms with E-state index in [0.717, 1.165) is 10.9 Å². The van der Waals surface area contributed by atoms with Crippen LogP contribution in [0.5, 0.6) is 0 Å². The molecule has 0 saturated carbocycles. The van der Waals surface area contributed by atoms with E-state index in [9.17, 15) is 40.3 Å². The van der Waals surface area contributed by atoms with Crippen LogP contribution < -0.4 is 5.32 Å². The molecule has 0 aliphatic heterocycles. The van der Waals surface area contributed by atoms with Crippen LogP contribution in [0.3, 0.4) is 0 Å². The van der Waals surface area contributed by atoms with Gasteiger partial charge in [0.25, 0.3) is 0 Å². The van der Waals surface area contributed by atoms with Gasteiger partial charge in [-0.05, 0) is 20.8 Å². The number of nitrogens with one attached hydrogen (secondary N) is 1. The van der Waals surface area contributed by atoms with Crippen molar-refractivity contribution in [3.05, 3.63) is 11.9 Å². The molecule has 1 aromatic rings. The standard InChI is InChI=1S/C13H14F7N3O3/c1-4-23-5-7(8(22-23)9(24)26-6(2)3)21-10(25)11(14,15)12(16,17)13(18,19)20/h5-6H,4H2,1-3H3,(H,21,25). The van der Waals surface area contributed by atoms with Crippen LogP contribution in [0, 0.1) is 0 Å². The molecule has 1 heterocycles. The number of nitrogens with zero attached hydrogens (tertiary/aromatic N) is 2. The summed E-state index contributed by atoms with van der Waals surface area (Å²) in [6.45, 7) is 4.45. The number of hydrogen-bond acceptors (Lipinski definition) is 4. The molecule has 0 radical (unpaired) electrons. The maximum Gasteiger partial charge on any atom is 0.460 e. The topological polar surface area (TPSA) is 73.2 Å². The summed E-state index contributed by atoms with van der Waals surface area (Å²) in [5.74, 6) is -16.9. The summed E-state index contributed by atoms with van der Waals surface area (Å²) in [5.41, 5.74) is -1.51. The Labute approximate surface area is 142 Å². The minimum absolute atomic E-state index is 0.0763. The molecule has 0 saturated heterocycles. The van der Waals surface area contributed by atoms with Gasteiger partial charge in [-0.15, -0.1) is 0 Å². The Balaban J connectivity index is 3.20. The second-order valence-corrected chi connectivity index (χ2v) is 5.30. The smallest absolute Gasteiger partial charge is 0.458 e. The van der Waals surface area contributed by atoms with Crippen LogP contribution >= 0.6 is 0 Å². The van der Waals surface area contributed by atoms with Gasteiger partial charge >= 0.3 is 29.9 Å². The highest BCUT2D eigenvalue weighted by Crippen LogP contribution is 2.46. The lowest BCUT2D eigenvalue weighted by atomic mass is 10.1. The number of halogens is 7. The minimum atomic E-state index is -6.67. The number of esters is 1. The van der Waals surface area contributed by atoms with Crippen molar-refractivity contribution in [3.63, 3.8) is 0 Å². The molecule has 0 aromatic carbocycles. The zero-order chi connectivity index (χ0) is 20.5. The fraction of sp³-hybridized carbons (Fsp3) is 0.615. The van der Waals surface area contributed by atoms with Crippen molar-refractivity contribution in [1.82, 2.24) is 9.78 Å². The number of carbonyl (C=O) groups is 2. The maximum absolute atomic E-state index is 13.4. The van der Waals surface area contributed by atoms with Gasteiger partial charge in [-0.3, -0.25) is 9.48 Å². The molecule has 0 spiro atoms. The number of carbonyl (C=O) groups excluding carboxylic acids is 2. The lowest BCUT2D eigenvalue weighted by molar-refractivity contribution is -0.343. The van der Waals surface area contributed by atoms with E-state index in [1.54, 1.807) is 0 Å². The van der Waals surface area contributed by atoms with Gasteiger partial charge in [0.2, 0.25) is 0 Å². The lowest BCUT2D eigenvalue weighted by Crippen LogP contribution is -2.57. The number of ether oxygens (including phenoxy) is 1. The van der Waals surface area contributed by atoms with Crippen LogP contribution in [0.1, 0.15) is 31.3 Å². The molecule has 26 heavy (non-hydrogen) atoms. The zero-order valence-electron chi connectivity index (χ0n) is 13.6. The highest BCUT2D eigenvalue weighted by molar-refractivity contribution is 6.02. The van der Waals surface area contributed by atoms with E-state index in [-0.39, 0.29) is 6.54 Å². The van der Waals surface area contributed by atoms with Gasteiger partial charge in [-0.2, -0.15) is 35.8 Å². The van der Waals surface area contributed by atoms with E-state index in [1.165, 1.54) is 26.1 Å². The number of anilines is 1. The molecule has 0 aliphatic carbocycles. The third-order valence-electron chi connectivity index (χ3n) is 2.91. The van der Waals surface area contributed by atoms with Crippen molar-refractivity contribution < 1.29 is 45.1 Å². The van der Waals surface area contributed by atoms with Gasteiger partial charge < -0.3 is 10.1 Å². The Morgan fingerprint density at radius 3 is 2.15 bits per heavy atom. The molecule has 1 rings (SSSR count). The number of rotatable bonds is 6. The van der Waals surface area contributed by atoms with Crippen LogP contribution in [0.4, 0.5) is 36.4 Å². The second-order valence-electron chi connectivity index (χ2n) is 5.30. The van der Waals surface area contributed by atoms with E-state index in [1.807, 2.05) is 0 Å². The van der Waals surface area contributed by atoms with E-state index < -0.39 is 47.4 Å². The first-order valence-electron chi connectivity index (χ1n) is 7.07. The predicted octanol–water partition coefficient (Wildman–Crippen LogP) is 3.24. The average Bonchev–Trinajstić information content (AvgIpc) is 2.88. The van der Waals surface area contributed by atoms with Crippen LogP contribution in [0.2, 0.25) is 0 Å². The summed E-state index contributed by atoms with van der Waals surface area (Å²) < 4.78 is 94.7. The number of aryl methyl sites for hydroxylation is 1. The molecular weight excluding hydrogens is 379 g/mol. The molecule has 0 unspecified atom stereocenters. The fourth-order valence-electron chi connectivity index (χ4n) is 1.62. The van der Waals surface area contributed by atoms with Crippen LogP contribution in [0.15, 0.2) is 6.20 Å². The summed E-state index contributed by atoms with van der Waals surface area (Å²) in [6, 6.07) is 0. The summed E-state index contributed by atoms with van der Waals surface area (Å²) in [7, 11) is 0. The number of aromatic nitrogens is 2. The van der Waals surface area contributed by atoms with Crippen LogP contribution in [0.25, 0.3) is 0 Å². The zero-order valence-corrected chi connectivity index (χ0v) is 13.6. The monoisotopic (exact) mass is 393 g/mol. The van der Waals surface area contributed by atoms with Gasteiger partial charge in [0.15, 0.2) is 5.69 Å². The predicted molar refractivity (Wildman–Crippen MR) is 73.0 cm³/mol. The summed E-state index contributed by atoms with van der Waals surface area (Å²) in [5, 5.41) is 4.79. The Kier molecular flexibility index (Phi) is 5.94. The average molecular weight is 393 g/mol. The molecule has 148 valence electrons. The highest BCUT2D eigenvalue weighted by atomic mass is 19.4. The molecule has 0 atom stereocenters. The molecule has 0 aliphatic rings. The van der Waals surface area contributed by atoms with Gasteiger partial charge in [0.05, 0.1) is 11.8 Å². The maximum atomic E-state index is 13.4. The Morgan fingerprint density at radius 1 is 1.19 bits per heavy atom. The minimum Gasteiger partial charge on any atom is -0.458 e.